The number of halogens is 1. The second kappa shape index (κ2) is 7.98. The minimum Gasteiger partial charge on any atom is -0.292 e. The number of hydrazine groups is 1. The van der Waals surface area contributed by atoms with E-state index in [1.54, 1.807) is 13.8 Å². The van der Waals surface area contributed by atoms with Gasteiger partial charge in [0.25, 0.3) is 10.0 Å². The molecule has 0 atom stereocenters. The third kappa shape index (κ3) is 4.68. The van der Waals surface area contributed by atoms with Crippen LogP contribution in [0.5, 0.6) is 0 Å². The summed E-state index contributed by atoms with van der Waals surface area (Å²) in [6.45, 7) is 4.19. The summed E-state index contributed by atoms with van der Waals surface area (Å²) in [4.78, 5) is 6.13. The van der Waals surface area contributed by atoms with Crippen LogP contribution in [0.25, 0.3) is 0 Å². The van der Waals surface area contributed by atoms with Gasteiger partial charge in [-0.3, -0.25) is 5.43 Å². The van der Waals surface area contributed by atoms with Crippen molar-refractivity contribution in [1.29, 1.82) is 0 Å². The number of hydrogen-bond donors (Lipinski definition) is 2. The number of pyridine rings is 1. The average Bonchev–Trinajstić information content (AvgIpc) is 3.02. The van der Waals surface area contributed by atoms with Crippen LogP contribution in [-0.4, -0.2) is 39.2 Å². The Hall–Kier alpha value is -1.24. The maximum absolute atomic E-state index is 12.4. The first-order chi connectivity index (χ1) is 11.7. The number of hydrogen-bond acceptors (Lipinski definition) is 7. The van der Waals surface area contributed by atoms with Crippen molar-refractivity contribution in [2.24, 2.45) is 0 Å². The Labute approximate surface area is 155 Å². The van der Waals surface area contributed by atoms with Gasteiger partial charge in [-0.2, -0.15) is 4.31 Å². The van der Waals surface area contributed by atoms with Crippen LogP contribution in [0.2, 0.25) is 4.34 Å². The molecule has 12 heteroatoms. The van der Waals surface area contributed by atoms with Crippen molar-refractivity contribution in [3.8, 4) is 0 Å². The van der Waals surface area contributed by atoms with Gasteiger partial charge >= 0.3 is 0 Å². The van der Waals surface area contributed by atoms with Gasteiger partial charge in [0, 0.05) is 19.3 Å². The third-order valence-electron chi connectivity index (χ3n) is 3.21. The molecule has 2 N–H and O–H groups in total. The van der Waals surface area contributed by atoms with Crippen molar-refractivity contribution in [2.75, 3.05) is 18.5 Å². The molecule has 2 rings (SSSR count). The zero-order valence-corrected chi connectivity index (χ0v) is 16.6. The van der Waals surface area contributed by atoms with E-state index in [1.165, 1.54) is 34.8 Å². The van der Waals surface area contributed by atoms with Gasteiger partial charge in [-0.25, -0.2) is 21.8 Å². The molecular formula is C13H17ClN4O4S3. The summed E-state index contributed by atoms with van der Waals surface area (Å²) < 4.78 is 50.5. The van der Waals surface area contributed by atoms with E-state index in [-0.39, 0.29) is 14.9 Å². The number of nitrogens with zero attached hydrogens (tertiary/aromatic N) is 2. The molecule has 0 aliphatic heterocycles. The first-order valence-corrected chi connectivity index (χ1v) is 11.3. The van der Waals surface area contributed by atoms with E-state index in [1.807, 2.05) is 0 Å². The smallest absolute Gasteiger partial charge is 0.266 e. The second-order valence-electron chi connectivity index (χ2n) is 4.76. The number of sulfonamides is 2. The summed E-state index contributed by atoms with van der Waals surface area (Å²) in [7, 11) is -7.40. The summed E-state index contributed by atoms with van der Waals surface area (Å²) in [5.41, 5.74) is 2.43. The van der Waals surface area contributed by atoms with E-state index in [2.05, 4.69) is 15.2 Å². The molecule has 0 saturated carbocycles. The molecule has 0 unspecified atom stereocenters. The van der Waals surface area contributed by atoms with Crippen molar-refractivity contribution in [1.82, 2.24) is 14.1 Å². The zero-order chi connectivity index (χ0) is 18.7. The van der Waals surface area contributed by atoms with Crippen LogP contribution in [-0.2, 0) is 20.0 Å². The lowest BCUT2D eigenvalue weighted by Gasteiger charge is -2.18. The van der Waals surface area contributed by atoms with Crippen molar-refractivity contribution < 1.29 is 16.8 Å². The van der Waals surface area contributed by atoms with Crippen molar-refractivity contribution in [3.05, 3.63) is 34.8 Å². The molecule has 0 bridgehead atoms. The minimum atomic E-state index is -3.79. The Kier molecular flexibility index (Phi) is 6.40. The van der Waals surface area contributed by atoms with E-state index in [4.69, 9.17) is 11.6 Å². The van der Waals surface area contributed by atoms with Crippen molar-refractivity contribution in [2.45, 2.75) is 23.0 Å². The minimum absolute atomic E-state index is 0.0367. The molecule has 0 fully saturated rings. The highest BCUT2D eigenvalue weighted by molar-refractivity contribution is 7.91. The fraction of sp³-hybridized carbons (Fsp3) is 0.308. The van der Waals surface area contributed by atoms with Gasteiger partial charge in [0.05, 0.1) is 4.34 Å². The number of rotatable bonds is 8. The highest BCUT2D eigenvalue weighted by Gasteiger charge is 2.22. The van der Waals surface area contributed by atoms with E-state index in [0.717, 1.165) is 11.3 Å². The predicted octanol–water partition coefficient (Wildman–Crippen LogP) is 2.13. The molecule has 0 aliphatic rings. The van der Waals surface area contributed by atoms with Gasteiger partial charge in [0.1, 0.15) is 14.9 Å². The molecule has 0 radical (unpaired) electrons. The number of nitrogens with one attached hydrogen (secondary N) is 2. The van der Waals surface area contributed by atoms with Gasteiger partial charge < -0.3 is 0 Å². The number of aromatic nitrogens is 1. The number of thiophene rings is 1. The van der Waals surface area contributed by atoms with Crippen LogP contribution in [0.15, 0.2) is 39.6 Å². The Morgan fingerprint density at radius 2 is 1.80 bits per heavy atom. The first kappa shape index (κ1) is 20.1. The molecule has 0 aromatic carbocycles. The molecule has 2 heterocycles. The fourth-order valence-corrected chi connectivity index (χ4v) is 5.67. The van der Waals surface area contributed by atoms with E-state index >= 15 is 0 Å². The standard InChI is InChI=1S/C13H17ClN4O4S3/c1-3-18(4-2)25(21,22)10-5-7-12(15-9-10)16-17-24(19,20)13-8-6-11(14)23-13/h5-9,17H,3-4H2,1-2H3,(H,15,16). The molecule has 0 saturated heterocycles. The van der Waals surface area contributed by atoms with Gasteiger partial charge in [-0.1, -0.05) is 25.4 Å². The lowest BCUT2D eigenvalue weighted by atomic mass is 10.5. The van der Waals surface area contributed by atoms with Crippen molar-refractivity contribution >= 4 is 48.8 Å². The third-order valence-corrected chi connectivity index (χ3v) is 8.21. The lowest BCUT2D eigenvalue weighted by molar-refractivity contribution is 0.445. The molecule has 8 nitrogen and oxygen atoms in total. The van der Waals surface area contributed by atoms with Gasteiger partial charge in [0.15, 0.2) is 0 Å². The predicted molar refractivity (Wildman–Crippen MR) is 97.6 cm³/mol. The summed E-state index contributed by atoms with van der Waals surface area (Å²) in [6.07, 6.45) is 1.17. The van der Waals surface area contributed by atoms with Crippen LogP contribution in [0.1, 0.15) is 13.8 Å². The average molecular weight is 425 g/mol. The molecular weight excluding hydrogens is 408 g/mol. The highest BCUT2D eigenvalue weighted by Crippen LogP contribution is 2.25. The second-order valence-corrected chi connectivity index (χ2v) is 10.3. The zero-order valence-electron chi connectivity index (χ0n) is 13.4. The molecule has 0 aliphatic carbocycles. The Morgan fingerprint density at radius 3 is 2.28 bits per heavy atom. The summed E-state index contributed by atoms with van der Waals surface area (Å²) >= 11 is 6.64. The van der Waals surface area contributed by atoms with Gasteiger partial charge in [-0.15, -0.1) is 16.2 Å². The molecule has 25 heavy (non-hydrogen) atoms. The van der Waals surface area contributed by atoms with Crippen LogP contribution >= 0.6 is 22.9 Å². The topological polar surface area (TPSA) is 108 Å². The SMILES string of the molecule is CCN(CC)S(=O)(=O)c1ccc(NNS(=O)(=O)c2ccc(Cl)s2)nc1. The summed E-state index contributed by atoms with van der Waals surface area (Å²) in [5, 5.41) is 0. The molecule has 138 valence electrons. The molecule has 0 amide bonds. The highest BCUT2D eigenvalue weighted by atomic mass is 35.5. The molecule has 2 aromatic heterocycles. The summed E-state index contributed by atoms with van der Waals surface area (Å²) in [5.74, 6) is 0.157. The fourth-order valence-electron chi connectivity index (χ4n) is 1.93. The Balaban J connectivity index is 2.11. The largest absolute Gasteiger partial charge is 0.292 e. The lowest BCUT2D eigenvalue weighted by Crippen LogP contribution is -2.31. The normalized spacial score (nSPS) is 12.5. The van der Waals surface area contributed by atoms with Gasteiger partial charge in [0.2, 0.25) is 10.0 Å². The van der Waals surface area contributed by atoms with E-state index in [9.17, 15) is 16.8 Å². The molecule has 2 aromatic rings. The Morgan fingerprint density at radius 1 is 1.12 bits per heavy atom. The van der Waals surface area contributed by atoms with Crippen LogP contribution < -0.4 is 10.3 Å². The van der Waals surface area contributed by atoms with E-state index < -0.39 is 20.0 Å². The van der Waals surface area contributed by atoms with E-state index in [0.29, 0.717) is 17.4 Å². The maximum Gasteiger partial charge on any atom is 0.266 e. The van der Waals surface area contributed by atoms with Gasteiger partial charge in [-0.05, 0) is 24.3 Å². The van der Waals surface area contributed by atoms with Crippen LogP contribution in [0.4, 0.5) is 5.82 Å². The first-order valence-electron chi connectivity index (χ1n) is 7.20. The molecule has 0 spiro atoms. The monoisotopic (exact) mass is 424 g/mol. The van der Waals surface area contributed by atoms with Crippen molar-refractivity contribution in [3.63, 3.8) is 0 Å². The van der Waals surface area contributed by atoms with Crippen LogP contribution in [0.3, 0.4) is 0 Å². The maximum atomic E-state index is 12.4. The quantitative estimate of drug-likeness (QED) is 0.628. The van der Waals surface area contributed by atoms with Crippen LogP contribution in [0, 0.1) is 0 Å². The Bertz CT molecular complexity index is 922. The number of anilines is 1. The summed E-state index contributed by atoms with van der Waals surface area (Å²) in [6, 6.07) is 5.59.